The molecule has 0 fully saturated rings. The van der Waals surface area contributed by atoms with Gasteiger partial charge in [-0.05, 0) is 153 Å². The third kappa shape index (κ3) is 7.12. The second-order valence-corrected chi connectivity index (χ2v) is 17.6. The van der Waals surface area contributed by atoms with Gasteiger partial charge in [-0.15, -0.1) is 0 Å². The van der Waals surface area contributed by atoms with E-state index in [0.717, 1.165) is 31.4 Å². The van der Waals surface area contributed by atoms with Crippen LogP contribution in [0.25, 0.3) is 33.4 Å². The number of anilines is 6. The van der Waals surface area contributed by atoms with E-state index < -0.39 is 0 Å². The van der Waals surface area contributed by atoms with Crippen LogP contribution in [0, 0.1) is 0 Å². The van der Waals surface area contributed by atoms with E-state index >= 15 is 0 Å². The normalized spacial score (nSPS) is 13.4. The molecule has 0 saturated carbocycles. The molecule has 9 aromatic carbocycles. The molecule has 0 aliphatic heterocycles. The van der Waals surface area contributed by atoms with Crippen LogP contribution in [0.1, 0.15) is 47.2 Å². The molecule has 2 heteroatoms. The molecule has 0 atom stereocenters. The molecule has 4 bridgehead atoms. The second kappa shape index (κ2) is 16.1. The van der Waals surface area contributed by atoms with E-state index in [1.165, 1.54) is 95.2 Å². The van der Waals surface area contributed by atoms with Gasteiger partial charge < -0.3 is 9.80 Å². The SMILES string of the molecule is CC1(C)c2cc(N(c3ccc(-c4ccccc4)cc3)c3cc4ccc3CCc3ccc(c(N(c5ccccc5)c5ccccc5)c3)CC4)ccc2-c2c(-c3ccccc3)cccc21. The molecule has 63 heavy (non-hydrogen) atoms. The first kappa shape index (κ1) is 38.5. The summed E-state index contributed by atoms with van der Waals surface area (Å²) in [5.74, 6) is 0. The van der Waals surface area contributed by atoms with E-state index in [1.54, 1.807) is 0 Å². The van der Waals surface area contributed by atoms with Crippen molar-refractivity contribution in [2.75, 3.05) is 9.80 Å². The highest BCUT2D eigenvalue weighted by Crippen LogP contribution is 2.54. The summed E-state index contributed by atoms with van der Waals surface area (Å²) in [6.45, 7) is 4.80. The van der Waals surface area contributed by atoms with Crippen LogP contribution < -0.4 is 9.80 Å². The van der Waals surface area contributed by atoms with Gasteiger partial charge in [-0.1, -0.05) is 172 Å². The molecule has 2 nitrogen and oxygen atoms in total. The molecular weight excluding hydrogens is 761 g/mol. The second-order valence-electron chi connectivity index (χ2n) is 17.6. The quantitative estimate of drug-likeness (QED) is 0.151. The molecular formula is C61H50N2. The summed E-state index contributed by atoms with van der Waals surface area (Å²) in [7, 11) is 0. The van der Waals surface area contributed by atoms with Crippen LogP contribution in [0.5, 0.6) is 0 Å². The van der Waals surface area contributed by atoms with Crippen LogP contribution in [0.2, 0.25) is 0 Å². The van der Waals surface area contributed by atoms with Crippen LogP contribution in [-0.2, 0) is 31.1 Å². The van der Waals surface area contributed by atoms with Gasteiger partial charge in [-0.3, -0.25) is 0 Å². The number of rotatable bonds is 8. The van der Waals surface area contributed by atoms with Crippen LogP contribution >= 0.6 is 0 Å². The fraction of sp³-hybridized carbons (Fsp3) is 0.115. The smallest absolute Gasteiger partial charge is 0.0496 e. The molecule has 0 heterocycles. The van der Waals surface area contributed by atoms with Crippen molar-refractivity contribution in [3.63, 3.8) is 0 Å². The van der Waals surface area contributed by atoms with Gasteiger partial charge in [0.1, 0.15) is 0 Å². The van der Waals surface area contributed by atoms with Crippen molar-refractivity contribution in [1.82, 2.24) is 0 Å². The maximum atomic E-state index is 2.54. The highest BCUT2D eigenvalue weighted by atomic mass is 15.2. The molecule has 0 amide bonds. The summed E-state index contributed by atoms with van der Waals surface area (Å²) in [6, 6.07) is 81.0. The molecule has 304 valence electrons. The van der Waals surface area contributed by atoms with Gasteiger partial charge in [0.2, 0.25) is 0 Å². The zero-order valence-electron chi connectivity index (χ0n) is 36.0. The van der Waals surface area contributed by atoms with Gasteiger partial charge >= 0.3 is 0 Å². The lowest BCUT2D eigenvalue weighted by Crippen LogP contribution is -2.17. The highest BCUT2D eigenvalue weighted by Gasteiger charge is 2.37. The molecule has 5 aliphatic rings. The van der Waals surface area contributed by atoms with E-state index in [1.807, 2.05) is 0 Å². The Morgan fingerprint density at radius 2 is 0.810 bits per heavy atom. The average Bonchev–Trinajstić information content (AvgIpc) is 3.57. The van der Waals surface area contributed by atoms with Crippen molar-refractivity contribution >= 4 is 34.1 Å². The maximum Gasteiger partial charge on any atom is 0.0496 e. The fourth-order valence-corrected chi connectivity index (χ4v) is 10.1. The van der Waals surface area contributed by atoms with Crippen LogP contribution in [0.15, 0.2) is 218 Å². The van der Waals surface area contributed by atoms with Gasteiger partial charge in [-0.25, -0.2) is 0 Å². The van der Waals surface area contributed by atoms with Crippen molar-refractivity contribution < 1.29 is 0 Å². The minimum absolute atomic E-state index is 0.174. The van der Waals surface area contributed by atoms with Gasteiger partial charge in [0.05, 0.1) is 0 Å². The van der Waals surface area contributed by atoms with Crippen LogP contribution in [-0.4, -0.2) is 0 Å². The number of hydrogen-bond acceptors (Lipinski definition) is 2. The number of nitrogens with zero attached hydrogens (tertiary/aromatic N) is 2. The van der Waals surface area contributed by atoms with E-state index in [4.69, 9.17) is 0 Å². The predicted octanol–water partition coefficient (Wildman–Crippen LogP) is 16.2. The summed E-state index contributed by atoms with van der Waals surface area (Å²) < 4.78 is 0. The minimum Gasteiger partial charge on any atom is -0.310 e. The Morgan fingerprint density at radius 1 is 0.333 bits per heavy atom. The zero-order chi connectivity index (χ0) is 42.3. The molecule has 0 saturated heterocycles. The first-order valence-electron chi connectivity index (χ1n) is 22.4. The van der Waals surface area contributed by atoms with Gasteiger partial charge in [0, 0.05) is 39.5 Å². The zero-order valence-corrected chi connectivity index (χ0v) is 36.0. The number of benzene rings is 9. The summed E-state index contributed by atoms with van der Waals surface area (Å²) in [4.78, 5) is 4.98. The first-order chi connectivity index (χ1) is 31.0. The molecule has 0 unspecified atom stereocenters. The van der Waals surface area contributed by atoms with Crippen molar-refractivity contribution in [1.29, 1.82) is 0 Å². The lowest BCUT2D eigenvalue weighted by atomic mass is 9.81. The van der Waals surface area contributed by atoms with Crippen LogP contribution in [0.4, 0.5) is 34.1 Å². The Kier molecular flexibility index (Phi) is 9.85. The van der Waals surface area contributed by atoms with E-state index in [9.17, 15) is 0 Å². The number of fused-ring (bicyclic) bond motifs is 3. The monoisotopic (exact) mass is 810 g/mol. The molecule has 0 aromatic heterocycles. The molecule has 0 radical (unpaired) electrons. The Balaban J connectivity index is 1.03. The standard InChI is InChI=1S/C61H50N2/c1-61(2)56-25-15-24-54(47-18-9-4-10-19-47)60(56)55-39-38-53(42-57(55)61)63(52-36-34-46(35-37-52)45-16-7-3-8-17-45)59-41-44-27-31-48-30-26-43(28-32-49(59)33-29-44)40-58(48)62(50-20-11-5-12-21-50)51-22-13-6-14-23-51/h3-26,29-30,33-42H,27-28,31-32H2,1-2H3. The molecule has 5 aliphatic carbocycles. The topological polar surface area (TPSA) is 6.48 Å². The van der Waals surface area contributed by atoms with Gasteiger partial charge in [-0.2, -0.15) is 0 Å². The number of hydrogen-bond donors (Lipinski definition) is 0. The number of aryl methyl sites for hydroxylation is 4. The van der Waals surface area contributed by atoms with Gasteiger partial charge in [0.25, 0.3) is 0 Å². The fourth-order valence-electron chi connectivity index (χ4n) is 10.1. The molecule has 9 aromatic rings. The van der Waals surface area contributed by atoms with Crippen LogP contribution in [0.3, 0.4) is 0 Å². The van der Waals surface area contributed by atoms with Crippen molar-refractivity contribution in [2.24, 2.45) is 0 Å². The molecule has 0 N–H and O–H groups in total. The van der Waals surface area contributed by atoms with Crippen molar-refractivity contribution in [2.45, 2.75) is 44.9 Å². The lowest BCUT2D eigenvalue weighted by molar-refractivity contribution is 0.660. The third-order valence-electron chi connectivity index (χ3n) is 13.4. The highest BCUT2D eigenvalue weighted by molar-refractivity contribution is 5.94. The van der Waals surface area contributed by atoms with Gasteiger partial charge in [0.15, 0.2) is 0 Å². The molecule has 14 rings (SSSR count). The Bertz CT molecular complexity index is 3020. The summed E-state index contributed by atoms with van der Waals surface area (Å²) in [5.41, 5.74) is 22.8. The van der Waals surface area contributed by atoms with E-state index in [-0.39, 0.29) is 5.41 Å². The third-order valence-corrected chi connectivity index (χ3v) is 13.4. The maximum absolute atomic E-state index is 2.54. The Labute approximate surface area is 372 Å². The van der Waals surface area contributed by atoms with E-state index in [2.05, 4.69) is 242 Å². The molecule has 0 spiro atoms. The number of para-hydroxylation sites is 2. The first-order valence-corrected chi connectivity index (χ1v) is 22.4. The van der Waals surface area contributed by atoms with Crippen molar-refractivity contribution in [3.8, 4) is 33.4 Å². The lowest BCUT2D eigenvalue weighted by Gasteiger charge is -2.31. The summed E-state index contributed by atoms with van der Waals surface area (Å²) >= 11 is 0. The van der Waals surface area contributed by atoms with Crippen molar-refractivity contribution in [3.05, 3.63) is 252 Å². The average molecular weight is 811 g/mol. The minimum atomic E-state index is -0.174. The Morgan fingerprint density at radius 3 is 1.38 bits per heavy atom. The van der Waals surface area contributed by atoms with E-state index in [0.29, 0.717) is 0 Å². The summed E-state index contributed by atoms with van der Waals surface area (Å²) in [6.07, 6.45) is 3.68. The largest absolute Gasteiger partial charge is 0.310 e. The predicted molar refractivity (Wildman–Crippen MR) is 266 cm³/mol. The Hall–Kier alpha value is -7.42. The summed E-state index contributed by atoms with van der Waals surface area (Å²) in [5, 5.41) is 0.